The number of halogens is 1. The molecule has 0 heterocycles. The standard InChI is InChI=1S/C10H19FO/c1-10(2,11)9-5-3-8(7-12)4-6-9/h8-9,12H,3-7H2,1-2H3. The molecule has 1 fully saturated rings. The van der Waals surface area contributed by atoms with Gasteiger partial charge in [0.2, 0.25) is 0 Å². The second-order valence-corrected chi connectivity index (χ2v) is 4.46. The molecule has 0 aliphatic heterocycles. The Hall–Kier alpha value is -0.110. The minimum absolute atomic E-state index is 0.209. The normalized spacial score (nSPS) is 32.0. The number of hydrogen-bond donors (Lipinski definition) is 1. The predicted octanol–water partition coefficient (Wildman–Crippen LogP) is 2.53. The van der Waals surface area contributed by atoms with Crippen molar-refractivity contribution in [1.82, 2.24) is 0 Å². The van der Waals surface area contributed by atoms with Crippen molar-refractivity contribution in [1.29, 1.82) is 0 Å². The third kappa shape index (κ3) is 2.44. The minimum atomic E-state index is -1.03. The van der Waals surface area contributed by atoms with Gasteiger partial charge in [0.15, 0.2) is 0 Å². The first kappa shape index (κ1) is 9.97. The lowest BCUT2D eigenvalue weighted by molar-refractivity contribution is 0.0668. The lowest BCUT2D eigenvalue weighted by Gasteiger charge is -2.33. The Morgan fingerprint density at radius 2 is 1.75 bits per heavy atom. The van der Waals surface area contributed by atoms with Crippen molar-refractivity contribution >= 4 is 0 Å². The van der Waals surface area contributed by atoms with Gasteiger partial charge in [0.25, 0.3) is 0 Å². The fraction of sp³-hybridized carbons (Fsp3) is 1.00. The largest absolute Gasteiger partial charge is 0.396 e. The van der Waals surface area contributed by atoms with Gasteiger partial charge in [-0.1, -0.05) is 0 Å². The Labute approximate surface area is 74.0 Å². The first-order chi connectivity index (χ1) is 5.54. The van der Waals surface area contributed by atoms with Gasteiger partial charge in [-0.05, 0) is 51.4 Å². The molecule has 1 nitrogen and oxygen atoms in total. The van der Waals surface area contributed by atoms with Crippen LogP contribution in [0.2, 0.25) is 0 Å². The van der Waals surface area contributed by atoms with Gasteiger partial charge >= 0.3 is 0 Å². The van der Waals surface area contributed by atoms with Gasteiger partial charge in [0.1, 0.15) is 5.67 Å². The molecule has 0 amide bonds. The summed E-state index contributed by atoms with van der Waals surface area (Å²) >= 11 is 0. The average Bonchev–Trinajstić information content (AvgIpc) is 2.03. The van der Waals surface area contributed by atoms with Crippen LogP contribution in [0.3, 0.4) is 0 Å². The molecule has 0 saturated heterocycles. The molecule has 1 aliphatic rings. The first-order valence-electron chi connectivity index (χ1n) is 4.84. The average molecular weight is 174 g/mol. The summed E-state index contributed by atoms with van der Waals surface area (Å²) in [6.07, 6.45) is 3.87. The van der Waals surface area contributed by atoms with E-state index in [1.807, 2.05) is 0 Å². The van der Waals surface area contributed by atoms with Crippen LogP contribution in [0.4, 0.5) is 4.39 Å². The maximum absolute atomic E-state index is 13.4. The van der Waals surface area contributed by atoms with Gasteiger partial charge in [-0.15, -0.1) is 0 Å². The predicted molar refractivity (Wildman–Crippen MR) is 47.7 cm³/mol. The van der Waals surface area contributed by atoms with Gasteiger partial charge < -0.3 is 5.11 Å². The van der Waals surface area contributed by atoms with Crippen molar-refractivity contribution in [3.05, 3.63) is 0 Å². The van der Waals surface area contributed by atoms with E-state index in [9.17, 15) is 4.39 Å². The Balaban J connectivity index is 2.36. The van der Waals surface area contributed by atoms with Gasteiger partial charge in [-0.3, -0.25) is 0 Å². The molecular weight excluding hydrogens is 155 g/mol. The maximum Gasteiger partial charge on any atom is 0.108 e. The Bertz CT molecular complexity index is 131. The van der Waals surface area contributed by atoms with Crippen LogP contribution in [-0.4, -0.2) is 17.4 Å². The van der Waals surface area contributed by atoms with E-state index in [4.69, 9.17) is 5.11 Å². The highest BCUT2D eigenvalue weighted by atomic mass is 19.1. The van der Waals surface area contributed by atoms with Crippen LogP contribution in [0.1, 0.15) is 39.5 Å². The number of aliphatic hydroxyl groups is 1. The Morgan fingerprint density at radius 3 is 2.08 bits per heavy atom. The molecule has 1 N–H and O–H groups in total. The van der Waals surface area contributed by atoms with Crippen LogP contribution in [0, 0.1) is 11.8 Å². The highest BCUT2D eigenvalue weighted by Crippen LogP contribution is 2.36. The molecule has 0 aromatic rings. The van der Waals surface area contributed by atoms with Crippen molar-refractivity contribution in [2.45, 2.75) is 45.2 Å². The fourth-order valence-corrected chi connectivity index (χ4v) is 2.03. The summed E-state index contributed by atoms with van der Waals surface area (Å²) in [5, 5.41) is 8.89. The lowest BCUT2D eigenvalue weighted by atomic mass is 9.76. The maximum atomic E-state index is 13.4. The summed E-state index contributed by atoms with van der Waals surface area (Å²) in [5.74, 6) is 0.642. The molecule has 1 aliphatic carbocycles. The summed E-state index contributed by atoms with van der Waals surface area (Å²) in [6.45, 7) is 3.60. The number of alkyl halides is 1. The van der Waals surface area contributed by atoms with Crippen LogP contribution in [0.5, 0.6) is 0 Å². The smallest absolute Gasteiger partial charge is 0.108 e. The quantitative estimate of drug-likeness (QED) is 0.682. The second kappa shape index (κ2) is 3.73. The molecule has 0 atom stereocenters. The van der Waals surface area contributed by atoms with E-state index < -0.39 is 5.67 Å². The molecule has 1 rings (SSSR count). The highest BCUT2D eigenvalue weighted by Gasteiger charge is 2.32. The summed E-state index contributed by atoms with van der Waals surface area (Å²) in [6, 6.07) is 0. The molecule has 0 aromatic heterocycles. The van der Waals surface area contributed by atoms with E-state index in [1.165, 1.54) is 0 Å². The van der Waals surface area contributed by atoms with Crippen molar-refractivity contribution in [3.8, 4) is 0 Å². The molecule has 0 unspecified atom stereocenters. The van der Waals surface area contributed by atoms with E-state index in [1.54, 1.807) is 13.8 Å². The van der Waals surface area contributed by atoms with Crippen molar-refractivity contribution in [2.75, 3.05) is 6.61 Å². The van der Waals surface area contributed by atoms with E-state index in [-0.39, 0.29) is 12.5 Å². The first-order valence-corrected chi connectivity index (χ1v) is 4.84. The summed E-state index contributed by atoms with van der Waals surface area (Å²) in [4.78, 5) is 0. The van der Waals surface area contributed by atoms with Crippen LogP contribution in [0.25, 0.3) is 0 Å². The van der Waals surface area contributed by atoms with Crippen molar-refractivity contribution < 1.29 is 9.50 Å². The van der Waals surface area contributed by atoms with Crippen molar-refractivity contribution in [2.24, 2.45) is 11.8 Å². The van der Waals surface area contributed by atoms with E-state index >= 15 is 0 Å². The number of hydrogen-bond acceptors (Lipinski definition) is 1. The van der Waals surface area contributed by atoms with E-state index in [0.717, 1.165) is 25.7 Å². The SMILES string of the molecule is CC(C)(F)C1CCC(CO)CC1. The number of aliphatic hydroxyl groups excluding tert-OH is 1. The molecule has 0 spiro atoms. The Kier molecular flexibility index (Phi) is 3.10. The summed E-state index contributed by atoms with van der Waals surface area (Å²) in [5.41, 5.74) is -1.03. The molecule has 0 bridgehead atoms. The zero-order valence-electron chi connectivity index (χ0n) is 8.02. The van der Waals surface area contributed by atoms with Crippen LogP contribution < -0.4 is 0 Å². The van der Waals surface area contributed by atoms with E-state index in [2.05, 4.69) is 0 Å². The summed E-state index contributed by atoms with van der Waals surface area (Å²) < 4.78 is 13.4. The zero-order chi connectivity index (χ0) is 9.19. The molecule has 12 heavy (non-hydrogen) atoms. The van der Waals surface area contributed by atoms with Crippen molar-refractivity contribution in [3.63, 3.8) is 0 Å². The van der Waals surface area contributed by atoms with E-state index in [0.29, 0.717) is 5.92 Å². The lowest BCUT2D eigenvalue weighted by Crippen LogP contribution is -2.30. The third-order valence-electron chi connectivity index (χ3n) is 3.08. The molecule has 2 heteroatoms. The van der Waals surface area contributed by atoms with Crippen LogP contribution in [-0.2, 0) is 0 Å². The van der Waals surface area contributed by atoms with Crippen LogP contribution >= 0.6 is 0 Å². The molecule has 72 valence electrons. The fourth-order valence-electron chi connectivity index (χ4n) is 2.03. The van der Waals surface area contributed by atoms with Gasteiger partial charge in [0.05, 0.1) is 0 Å². The summed E-state index contributed by atoms with van der Waals surface area (Å²) in [7, 11) is 0. The molecule has 0 aromatic carbocycles. The number of rotatable bonds is 2. The third-order valence-corrected chi connectivity index (χ3v) is 3.08. The van der Waals surface area contributed by atoms with Gasteiger partial charge in [0, 0.05) is 6.61 Å². The molecule has 0 radical (unpaired) electrons. The minimum Gasteiger partial charge on any atom is -0.396 e. The topological polar surface area (TPSA) is 20.2 Å². The zero-order valence-corrected chi connectivity index (χ0v) is 8.02. The highest BCUT2D eigenvalue weighted by molar-refractivity contribution is 4.82. The second-order valence-electron chi connectivity index (χ2n) is 4.46. The molecular formula is C10H19FO. The van der Waals surface area contributed by atoms with Gasteiger partial charge in [-0.2, -0.15) is 0 Å². The van der Waals surface area contributed by atoms with Gasteiger partial charge in [-0.25, -0.2) is 4.39 Å². The molecule has 1 saturated carbocycles. The monoisotopic (exact) mass is 174 g/mol. The van der Waals surface area contributed by atoms with Crippen LogP contribution in [0.15, 0.2) is 0 Å². The Morgan fingerprint density at radius 1 is 1.25 bits per heavy atom.